The minimum atomic E-state index is 0.585. The minimum Gasteiger partial charge on any atom is -0.293 e. The molecule has 0 amide bonds. The van der Waals surface area contributed by atoms with Gasteiger partial charge in [-0.05, 0) is 35.9 Å². The summed E-state index contributed by atoms with van der Waals surface area (Å²) in [5.41, 5.74) is 4.36. The Morgan fingerprint density at radius 2 is 1.52 bits per heavy atom. The van der Waals surface area contributed by atoms with Gasteiger partial charge in [-0.25, -0.2) is 4.98 Å². The van der Waals surface area contributed by atoms with Gasteiger partial charge in [0.2, 0.25) is 0 Å². The molecule has 0 bridgehead atoms. The van der Waals surface area contributed by atoms with Gasteiger partial charge in [0.15, 0.2) is 0 Å². The fourth-order valence-corrected chi connectivity index (χ4v) is 2.90. The van der Waals surface area contributed by atoms with Crippen LogP contribution >= 0.6 is 0 Å². The quantitative estimate of drug-likeness (QED) is 0.529. The lowest BCUT2D eigenvalue weighted by molar-refractivity contribution is 1.07. The van der Waals surface area contributed by atoms with Crippen LogP contribution in [0.2, 0.25) is 0 Å². The number of rotatable bonds is 3. The first-order valence-electron chi connectivity index (χ1n) is 8.07. The van der Waals surface area contributed by atoms with Crippen molar-refractivity contribution in [3.63, 3.8) is 0 Å². The molecule has 1 heterocycles. The van der Waals surface area contributed by atoms with Gasteiger partial charge in [-0.3, -0.25) is 4.57 Å². The van der Waals surface area contributed by atoms with E-state index in [4.69, 9.17) is 4.98 Å². The van der Waals surface area contributed by atoms with E-state index in [2.05, 4.69) is 10.6 Å². The third-order valence-electron chi connectivity index (χ3n) is 4.07. The topological polar surface area (TPSA) is 41.6 Å². The van der Waals surface area contributed by atoms with Crippen LogP contribution in [0.15, 0.2) is 78.9 Å². The van der Waals surface area contributed by atoms with Crippen LogP contribution in [0.1, 0.15) is 17.0 Å². The number of hydrogen-bond donors (Lipinski definition) is 0. The SMILES string of the molecule is N#Cc1cccc2c1nc(C=Cc1ccccc1)n2-c1ccccc1. The van der Waals surface area contributed by atoms with Crippen LogP contribution in [0.25, 0.3) is 28.9 Å². The molecule has 0 aliphatic carbocycles. The predicted molar refractivity (Wildman–Crippen MR) is 101 cm³/mol. The van der Waals surface area contributed by atoms with Gasteiger partial charge in [0.05, 0.1) is 11.1 Å². The maximum atomic E-state index is 9.40. The number of benzene rings is 3. The van der Waals surface area contributed by atoms with E-state index in [-0.39, 0.29) is 0 Å². The Morgan fingerprint density at radius 3 is 2.24 bits per heavy atom. The molecule has 0 saturated heterocycles. The van der Waals surface area contributed by atoms with E-state index in [1.54, 1.807) is 6.07 Å². The van der Waals surface area contributed by atoms with Crippen LogP contribution in [0.3, 0.4) is 0 Å². The first-order chi connectivity index (χ1) is 12.4. The summed E-state index contributed by atoms with van der Waals surface area (Å²) in [6, 6.07) is 28.1. The number of fused-ring (bicyclic) bond motifs is 1. The number of aromatic nitrogens is 2. The van der Waals surface area contributed by atoms with Crippen molar-refractivity contribution in [3.05, 3.63) is 95.8 Å². The van der Waals surface area contributed by atoms with E-state index in [0.29, 0.717) is 5.56 Å². The normalized spacial score (nSPS) is 11.0. The number of nitrogens with zero attached hydrogens (tertiary/aromatic N) is 3. The zero-order chi connectivity index (χ0) is 17.1. The number of imidazole rings is 1. The van der Waals surface area contributed by atoms with Gasteiger partial charge >= 0.3 is 0 Å². The van der Waals surface area contributed by atoms with Crippen LogP contribution < -0.4 is 0 Å². The van der Waals surface area contributed by atoms with Crippen molar-refractivity contribution in [1.82, 2.24) is 9.55 Å². The van der Waals surface area contributed by atoms with E-state index >= 15 is 0 Å². The van der Waals surface area contributed by atoms with Gasteiger partial charge in [0.1, 0.15) is 17.4 Å². The first kappa shape index (κ1) is 14.9. The summed E-state index contributed by atoms with van der Waals surface area (Å²) in [4.78, 5) is 4.73. The molecule has 0 fully saturated rings. The maximum Gasteiger partial charge on any atom is 0.138 e. The average molecular weight is 321 g/mol. The number of hydrogen-bond acceptors (Lipinski definition) is 2. The third-order valence-corrected chi connectivity index (χ3v) is 4.07. The van der Waals surface area contributed by atoms with Gasteiger partial charge in [-0.15, -0.1) is 0 Å². The molecule has 3 nitrogen and oxygen atoms in total. The molecule has 0 radical (unpaired) electrons. The Morgan fingerprint density at radius 1 is 0.800 bits per heavy atom. The summed E-state index contributed by atoms with van der Waals surface area (Å²) in [6.45, 7) is 0. The lowest BCUT2D eigenvalue weighted by Gasteiger charge is -2.07. The summed E-state index contributed by atoms with van der Waals surface area (Å²) < 4.78 is 2.08. The highest BCUT2D eigenvalue weighted by Gasteiger charge is 2.13. The number of para-hydroxylation sites is 2. The first-order valence-corrected chi connectivity index (χ1v) is 8.07. The maximum absolute atomic E-state index is 9.40. The van der Waals surface area contributed by atoms with E-state index in [1.807, 2.05) is 84.9 Å². The van der Waals surface area contributed by atoms with Crippen LogP contribution in [-0.2, 0) is 0 Å². The van der Waals surface area contributed by atoms with Crippen LogP contribution in [-0.4, -0.2) is 9.55 Å². The minimum absolute atomic E-state index is 0.585. The highest BCUT2D eigenvalue weighted by Crippen LogP contribution is 2.25. The molecule has 3 heteroatoms. The second-order valence-electron chi connectivity index (χ2n) is 5.67. The van der Waals surface area contributed by atoms with Crippen LogP contribution in [0, 0.1) is 11.3 Å². The molecule has 0 saturated carbocycles. The molecule has 0 atom stereocenters. The fraction of sp³-hybridized carbons (Fsp3) is 0. The molecular formula is C22H15N3. The highest BCUT2D eigenvalue weighted by atomic mass is 15.1. The Labute approximate surface area is 146 Å². The van der Waals surface area contributed by atoms with Gasteiger partial charge in [0, 0.05) is 5.69 Å². The third kappa shape index (κ3) is 2.82. The molecule has 118 valence electrons. The second-order valence-corrected chi connectivity index (χ2v) is 5.67. The van der Waals surface area contributed by atoms with Crippen molar-refractivity contribution in [1.29, 1.82) is 5.26 Å². The molecule has 3 aromatic carbocycles. The molecule has 0 unspecified atom stereocenters. The molecular weight excluding hydrogens is 306 g/mol. The van der Waals surface area contributed by atoms with E-state index in [1.165, 1.54) is 0 Å². The van der Waals surface area contributed by atoms with Crippen molar-refractivity contribution in [3.8, 4) is 11.8 Å². The predicted octanol–water partition coefficient (Wildman–Crippen LogP) is 5.07. The Bertz CT molecular complexity index is 1080. The van der Waals surface area contributed by atoms with E-state index < -0.39 is 0 Å². The summed E-state index contributed by atoms with van der Waals surface area (Å²) in [5, 5.41) is 9.40. The molecule has 4 rings (SSSR count). The van der Waals surface area contributed by atoms with Crippen LogP contribution in [0.4, 0.5) is 0 Å². The fourth-order valence-electron chi connectivity index (χ4n) is 2.90. The molecule has 0 N–H and O–H groups in total. The van der Waals surface area contributed by atoms with E-state index in [9.17, 15) is 5.26 Å². The highest BCUT2D eigenvalue weighted by molar-refractivity contribution is 5.86. The smallest absolute Gasteiger partial charge is 0.138 e. The van der Waals surface area contributed by atoms with Crippen molar-refractivity contribution in [2.24, 2.45) is 0 Å². The lowest BCUT2D eigenvalue weighted by Crippen LogP contribution is -1.96. The van der Waals surface area contributed by atoms with Crippen molar-refractivity contribution in [2.45, 2.75) is 0 Å². The molecule has 25 heavy (non-hydrogen) atoms. The lowest BCUT2D eigenvalue weighted by atomic mass is 10.2. The van der Waals surface area contributed by atoms with Gasteiger partial charge in [-0.1, -0.05) is 60.7 Å². The number of nitriles is 1. The van der Waals surface area contributed by atoms with Crippen molar-refractivity contribution < 1.29 is 0 Å². The molecule has 0 aliphatic heterocycles. The summed E-state index contributed by atoms with van der Waals surface area (Å²) in [6.07, 6.45) is 4.02. The molecule has 1 aromatic heterocycles. The average Bonchev–Trinajstić information content (AvgIpc) is 3.06. The van der Waals surface area contributed by atoms with Crippen molar-refractivity contribution in [2.75, 3.05) is 0 Å². The molecule has 4 aromatic rings. The van der Waals surface area contributed by atoms with Gasteiger partial charge in [0.25, 0.3) is 0 Å². The zero-order valence-corrected chi connectivity index (χ0v) is 13.5. The van der Waals surface area contributed by atoms with E-state index in [0.717, 1.165) is 28.1 Å². The largest absolute Gasteiger partial charge is 0.293 e. The Hall–Kier alpha value is -3.64. The van der Waals surface area contributed by atoms with Crippen LogP contribution in [0.5, 0.6) is 0 Å². The summed E-state index contributed by atoms with van der Waals surface area (Å²) in [7, 11) is 0. The van der Waals surface area contributed by atoms with Crippen molar-refractivity contribution >= 4 is 23.2 Å². The standard InChI is InChI=1S/C22H15N3/c23-16-18-10-7-13-20-22(18)24-21(15-14-17-8-3-1-4-9-17)25(20)19-11-5-2-6-12-19/h1-15H. The summed E-state index contributed by atoms with van der Waals surface area (Å²) in [5.74, 6) is 0.799. The molecule has 0 aliphatic rings. The Balaban J connectivity index is 1.94. The van der Waals surface area contributed by atoms with Gasteiger partial charge < -0.3 is 0 Å². The molecule has 0 spiro atoms. The second kappa shape index (κ2) is 6.46. The Kier molecular flexibility index (Phi) is 3.86. The zero-order valence-electron chi connectivity index (χ0n) is 13.5. The monoisotopic (exact) mass is 321 g/mol. The van der Waals surface area contributed by atoms with Gasteiger partial charge in [-0.2, -0.15) is 5.26 Å². The summed E-state index contributed by atoms with van der Waals surface area (Å²) >= 11 is 0.